The maximum atomic E-state index is 12.0. The predicted octanol–water partition coefficient (Wildman–Crippen LogP) is 4.25. The first-order chi connectivity index (χ1) is 11.0. The number of hydrogen-bond acceptors (Lipinski definition) is 4. The summed E-state index contributed by atoms with van der Waals surface area (Å²) in [7, 11) is 0. The Morgan fingerprint density at radius 1 is 1.00 bits per heavy atom. The smallest absolute Gasteiger partial charge is 0.336 e. The summed E-state index contributed by atoms with van der Waals surface area (Å²) < 4.78 is 10.3. The molecule has 0 unspecified atom stereocenters. The van der Waals surface area contributed by atoms with E-state index in [1.165, 1.54) is 12.1 Å². The SMILES string of the molecule is O=C(Cc1ccc(Cl)c(Cl)c1)Oc1ccc2ccc(=O)oc2c1. The van der Waals surface area contributed by atoms with Gasteiger partial charge in [-0.05, 0) is 35.9 Å². The Hall–Kier alpha value is -2.30. The van der Waals surface area contributed by atoms with Gasteiger partial charge in [0.1, 0.15) is 11.3 Å². The second-order valence-corrected chi connectivity index (χ2v) is 5.67. The van der Waals surface area contributed by atoms with E-state index in [9.17, 15) is 9.59 Å². The number of esters is 1. The molecular formula is C17H10Cl2O4. The lowest BCUT2D eigenvalue weighted by Crippen LogP contribution is -2.11. The third-order valence-electron chi connectivity index (χ3n) is 3.16. The van der Waals surface area contributed by atoms with Crippen LogP contribution in [0.5, 0.6) is 5.75 Å². The molecule has 0 saturated carbocycles. The number of carbonyl (C=O) groups is 1. The molecular weight excluding hydrogens is 339 g/mol. The summed E-state index contributed by atoms with van der Waals surface area (Å²) in [5, 5.41) is 1.55. The first kappa shape index (κ1) is 15.6. The minimum atomic E-state index is -0.461. The molecule has 0 atom stereocenters. The number of rotatable bonds is 3. The van der Waals surface area contributed by atoms with E-state index in [1.54, 1.807) is 36.4 Å². The maximum Gasteiger partial charge on any atom is 0.336 e. The Labute approximate surface area is 141 Å². The Balaban J connectivity index is 1.76. The lowest BCUT2D eigenvalue weighted by Gasteiger charge is -2.06. The molecule has 0 aliphatic rings. The highest BCUT2D eigenvalue weighted by Crippen LogP contribution is 2.23. The van der Waals surface area contributed by atoms with E-state index in [-0.39, 0.29) is 6.42 Å². The van der Waals surface area contributed by atoms with Gasteiger partial charge in [-0.1, -0.05) is 29.3 Å². The Morgan fingerprint density at radius 3 is 2.57 bits per heavy atom. The van der Waals surface area contributed by atoms with Gasteiger partial charge >= 0.3 is 11.6 Å². The molecule has 3 aromatic rings. The minimum absolute atomic E-state index is 0.0493. The number of ether oxygens (including phenoxy) is 1. The van der Waals surface area contributed by atoms with Crippen molar-refractivity contribution in [1.29, 1.82) is 0 Å². The molecule has 0 fully saturated rings. The van der Waals surface area contributed by atoms with Crippen LogP contribution in [0.1, 0.15) is 5.56 Å². The highest BCUT2D eigenvalue weighted by molar-refractivity contribution is 6.42. The van der Waals surface area contributed by atoms with Gasteiger partial charge in [0.25, 0.3) is 0 Å². The van der Waals surface area contributed by atoms with Gasteiger partial charge in [0.05, 0.1) is 16.5 Å². The van der Waals surface area contributed by atoms with Crippen LogP contribution in [0.25, 0.3) is 11.0 Å². The normalized spacial score (nSPS) is 10.7. The maximum absolute atomic E-state index is 12.0. The third kappa shape index (κ3) is 3.73. The van der Waals surface area contributed by atoms with Crippen LogP contribution in [0, 0.1) is 0 Å². The molecule has 0 N–H and O–H groups in total. The van der Waals surface area contributed by atoms with Crippen LogP contribution < -0.4 is 10.4 Å². The standard InChI is InChI=1S/C17H10Cl2O4/c18-13-5-1-10(7-14(13)19)8-17(21)22-12-4-2-11-3-6-16(20)23-15(11)9-12/h1-7,9H,8H2. The molecule has 2 aromatic carbocycles. The average molecular weight is 349 g/mol. The van der Waals surface area contributed by atoms with E-state index < -0.39 is 11.6 Å². The van der Waals surface area contributed by atoms with Crippen molar-refractivity contribution in [3.05, 3.63) is 74.6 Å². The quantitative estimate of drug-likeness (QED) is 0.403. The second kappa shape index (κ2) is 6.44. The first-order valence-electron chi connectivity index (χ1n) is 6.70. The summed E-state index contributed by atoms with van der Waals surface area (Å²) in [5.41, 5.74) is 0.589. The average Bonchev–Trinajstić information content (AvgIpc) is 2.50. The van der Waals surface area contributed by atoms with Gasteiger partial charge < -0.3 is 9.15 Å². The fraction of sp³-hybridized carbons (Fsp3) is 0.0588. The molecule has 116 valence electrons. The van der Waals surface area contributed by atoms with Crippen molar-refractivity contribution < 1.29 is 13.9 Å². The topological polar surface area (TPSA) is 56.5 Å². The summed E-state index contributed by atoms with van der Waals surface area (Å²) in [6.07, 6.45) is 0.0493. The fourth-order valence-corrected chi connectivity index (χ4v) is 2.41. The van der Waals surface area contributed by atoms with Crippen molar-refractivity contribution >= 4 is 40.1 Å². The summed E-state index contributed by atoms with van der Waals surface area (Å²) >= 11 is 11.7. The van der Waals surface area contributed by atoms with Crippen molar-refractivity contribution in [3.8, 4) is 5.75 Å². The van der Waals surface area contributed by atoms with Crippen LogP contribution in [-0.2, 0) is 11.2 Å². The molecule has 0 saturated heterocycles. The molecule has 0 amide bonds. The van der Waals surface area contributed by atoms with E-state index in [0.717, 1.165) is 5.39 Å². The van der Waals surface area contributed by atoms with Gasteiger partial charge in [0.2, 0.25) is 0 Å². The molecule has 0 aliphatic heterocycles. The van der Waals surface area contributed by atoms with Gasteiger partial charge in [0, 0.05) is 17.5 Å². The molecule has 0 radical (unpaired) electrons. The van der Waals surface area contributed by atoms with E-state index in [2.05, 4.69) is 0 Å². The van der Waals surface area contributed by atoms with E-state index in [4.69, 9.17) is 32.4 Å². The van der Waals surface area contributed by atoms with E-state index >= 15 is 0 Å². The Morgan fingerprint density at radius 2 is 1.78 bits per heavy atom. The molecule has 1 heterocycles. The zero-order valence-corrected chi connectivity index (χ0v) is 13.2. The molecule has 0 spiro atoms. The Kier molecular flexibility index (Phi) is 4.37. The highest BCUT2D eigenvalue weighted by Gasteiger charge is 2.09. The van der Waals surface area contributed by atoms with Gasteiger partial charge in [0.15, 0.2) is 0 Å². The van der Waals surface area contributed by atoms with Gasteiger partial charge in [-0.25, -0.2) is 4.79 Å². The number of fused-ring (bicyclic) bond motifs is 1. The van der Waals surface area contributed by atoms with Gasteiger partial charge in [-0.3, -0.25) is 4.79 Å². The van der Waals surface area contributed by atoms with Gasteiger partial charge in [-0.2, -0.15) is 0 Å². The summed E-state index contributed by atoms with van der Waals surface area (Å²) in [4.78, 5) is 23.2. The van der Waals surface area contributed by atoms with Crippen LogP contribution >= 0.6 is 23.2 Å². The Bertz CT molecular complexity index is 947. The first-order valence-corrected chi connectivity index (χ1v) is 7.45. The number of benzene rings is 2. The van der Waals surface area contributed by atoms with Crippen molar-refractivity contribution in [2.24, 2.45) is 0 Å². The van der Waals surface area contributed by atoms with Crippen molar-refractivity contribution in [2.75, 3.05) is 0 Å². The summed E-state index contributed by atoms with van der Waals surface area (Å²) in [6.45, 7) is 0. The predicted molar refractivity (Wildman–Crippen MR) is 88.3 cm³/mol. The lowest BCUT2D eigenvalue weighted by atomic mass is 10.1. The minimum Gasteiger partial charge on any atom is -0.426 e. The number of hydrogen-bond donors (Lipinski definition) is 0. The zero-order chi connectivity index (χ0) is 16.4. The van der Waals surface area contributed by atoms with Crippen LogP contribution in [0.3, 0.4) is 0 Å². The molecule has 4 nitrogen and oxygen atoms in total. The van der Waals surface area contributed by atoms with Crippen LogP contribution in [0.4, 0.5) is 0 Å². The number of halogens is 2. The van der Waals surface area contributed by atoms with Crippen molar-refractivity contribution in [1.82, 2.24) is 0 Å². The molecule has 0 aliphatic carbocycles. The molecule has 6 heteroatoms. The zero-order valence-electron chi connectivity index (χ0n) is 11.7. The second-order valence-electron chi connectivity index (χ2n) is 4.85. The van der Waals surface area contributed by atoms with Crippen LogP contribution in [-0.4, -0.2) is 5.97 Å². The van der Waals surface area contributed by atoms with E-state index in [1.807, 2.05) is 0 Å². The van der Waals surface area contributed by atoms with Crippen molar-refractivity contribution in [3.63, 3.8) is 0 Å². The fourth-order valence-electron chi connectivity index (χ4n) is 2.09. The largest absolute Gasteiger partial charge is 0.426 e. The highest BCUT2D eigenvalue weighted by atomic mass is 35.5. The summed E-state index contributed by atoms with van der Waals surface area (Å²) in [6, 6.07) is 12.8. The molecule has 23 heavy (non-hydrogen) atoms. The van der Waals surface area contributed by atoms with Gasteiger partial charge in [-0.15, -0.1) is 0 Å². The monoisotopic (exact) mass is 348 g/mol. The lowest BCUT2D eigenvalue weighted by molar-refractivity contribution is -0.133. The molecule has 1 aromatic heterocycles. The van der Waals surface area contributed by atoms with Crippen LogP contribution in [0.15, 0.2) is 57.7 Å². The van der Waals surface area contributed by atoms with E-state index in [0.29, 0.717) is 26.9 Å². The third-order valence-corrected chi connectivity index (χ3v) is 3.90. The number of carbonyl (C=O) groups excluding carboxylic acids is 1. The molecule has 3 rings (SSSR count). The van der Waals surface area contributed by atoms with Crippen molar-refractivity contribution in [2.45, 2.75) is 6.42 Å². The molecule has 0 bridgehead atoms. The summed E-state index contributed by atoms with van der Waals surface area (Å²) in [5.74, 6) is -0.155. The van der Waals surface area contributed by atoms with Crippen LogP contribution in [0.2, 0.25) is 10.0 Å².